The standard InChI is InChI=1S/C16H28N4O/c1-6-21-13-8-7-9-20(10-13)16-12(4)15(17-5)18-14(19-16)11(2)3/h11,13H,6-10H2,1-5H3,(H,17,18,19). The highest BCUT2D eigenvalue weighted by atomic mass is 16.5. The fourth-order valence-electron chi connectivity index (χ4n) is 2.83. The van der Waals surface area contributed by atoms with Crippen molar-refractivity contribution in [3.8, 4) is 0 Å². The van der Waals surface area contributed by atoms with Gasteiger partial charge in [-0.25, -0.2) is 9.97 Å². The molecule has 0 radical (unpaired) electrons. The number of piperidine rings is 1. The van der Waals surface area contributed by atoms with E-state index >= 15 is 0 Å². The van der Waals surface area contributed by atoms with Crippen LogP contribution in [0.3, 0.4) is 0 Å². The molecule has 1 aromatic rings. The van der Waals surface area contributed by atoms with Crippen LogP contribution in [0.5, 0.6) is 0 Å². The van der Waals surface area contributed by atoms with E-state index < -0.39 is 0 Å². The molecule has 0 amide bonds. The van der Waals surface area contributed by atoms with E-state index in [0.717, 1.165) is 55.6 Å². The smallest absolute Gasteiger partial charge is 0.137 e. The number of ether oxygens (including phenoxy) is 1. The van der Waals surface area contributed by atoms with Crippen molar-refractivity contribution < 1.29 is 4.74 Å². The van der Waals surface area contributed by atoms with E-state index in [1.54, 1.807) is 0 Å². The summed E-state index contributed by atoms with van der Waals surface area (Å²) < 4.78 is 5.81. The van der Waals surface area contributed by atoms with Crippen molar-refractivity contribution in [2.45, 2.75) is 52.6 Å². The minimum atomic E-state index is 0.318. The lowest BCUT2D eigenvalue weighted by molar-refractivity contribution is 0.0525. The van der Waals surface area contributed by atoms with Crippen LogP contribution in [-0.2, 0) is 4.74 Å². The van der Waals surface area contributed by atoms with Gasteiger partial charge < -0.3 is 15.0 Å². The van der Waals surface area contributed by atoms with E-state index in [-0.39, 0.29) is 0 Å². The molecule has 2 rings (SSSR count). The third-order valence-corrected chi connectivity index (χ3v) is 3.97. The Morgan fingerprint density at radius 1 is 1.38 bits per heavy atom. The third kappa shape index (κ3) is 3.64. The lowest BCUT2D eigenvalue weighted by Crippen LogP contribution is -2.40. The molecule has 0 aliphatic carbocycles. The van der Waals surface area contributed by atoms with Crippen molar-refractivity contribution in [1.82, 2.24) is 9.97 Å². The van der Waals surface area contributed by atoms with Gasteiger partial charge in [-0.2, -0.15) is 0 Å². The first-order valence-electron chi connectivity index (χ1n) is 7.99. The van der Waals surface area contributed by atoms with Gasteiger partial charge in [-0.3, -0.25) is 0 Å². The van der Waals surface area contributed by atoms with E-state index in [1.165, 1.54) is 0 Å². The number of nitrogens with zero attached hydrogens (tertiary/aromatic N) is 3. The Hall–Kier alpha value is -1.36. The maximum atomic E-state index is 5.81. The number of hydrogen-bond acceptors (Lipinski definition) is 5. The number of hydrogen-bond donors (Lipinski definition) is 1. The lowest BCUT2D eigenvalue weighted by Gasteiger charge is -2.34. The molecule has 1 N–H and O–H groups in total. The van der Waals surface area contributed by atoms with Crippen molar-refractivity contribution in [3.05, 3.63) is 11.4 Å². The molecule has 0 bridgehead atoms. The maximum absolute atomic E-state index is 5.81. The molecule has 1 aromatic heterocycles. The molecule has 2 heterocycles. The Labute approximate surface area is 128 Å². The van der Waals surface area contributed by atoms with Gasteiger partial charge in [0.25, 0.3) is 0 Å². The van der Waals surface area contributed by atoms with E-state index in [9.17, 15) is 0 Å². The minimum Gasteiger partial charge on any atom is -0.377 e. The summed E-state index contributed by atoms with van der Waals surface area (Å²) in [5, 5.41) is 3.20. The van der Waals surface area contributed by atoms with Gasteiger partial charge in [-0.05, 0) is 26.7 Å². The summed E-state index contributed by atoms with van der Waals surface area (Å²) in [4.78, 5) is 11.8. The molecule has 1 aliphatic rings. The SMILES string of the molecule is CCOC1CCCN(c2nc(C(C)C)nc(NC)c2C)C1. The molecule has 1 atom stereocenters. The average molecular weight is 292 g/mol. The van der Waals surface area contributed by atoms with Crippen LogP contribution in [0.1, 0.15) is 50.9 Å². The second-order valence-electron chi connectivity index (χ2n) is 5.95. The quantitative estimate of drug-likeness (QED) is 0.904. The largest absolute Gasteiger partial charge is 0.377 e. The van der Waals surface area contributed by atoms with Crippen LogP contribution in [0.4, 0.5) is 11.6 Å². The van der Waals surface area contributed by atoms with Gasteiger partial charge >= 0.3 is 0 Å². The highest BCUT2D eigenvalue weighted by Gasteiger charge is 2.24. The number of aromatic nitrogens is 2. The van der Waals surface area contributed by atoms with Crippen molar-refractivity contribution in [2.24, 2.45) is 0 Å². The molecule has 0 aromatic carbocycles. The molecule has 118 valence electrons. The second kappa shape index (κ2) is 7.07. The van der Waals surface area contributed by atoms with Gasteiger partial charge in [0.1, 0.15) is 17.5 Å². The third-order valence-electron chi connectivity index (χ3n) is 3.97. The van der Waals surface area contributed by atoms with E-state index in [4.69, 9.17) is 9.72 Å². The first-order valence-corrected chi connectivity index (χ1v) is 7.99. The minimum absolute atomic E-state index is 0.318. The molecule has 0 saturated carbocycles. The normalized spacial score (nSPS) is 19.1. The first kappa shape index (κ1) is 16.0. The highest BCUT2D eigenvalue weighted by Crippen LogP contribution is 2.28. The number of rotatable bonds is 5. The molecule has 1 fully saturated rings. The predicted molar refractivity (Wildman–Crippen MR) is 87.3 cm³/mol. The molecular weight excluding hydrogens is 264 g/mol. The maximum Gasteiger partial charge on any atom is 0.137 e. The van der Waals surface area contributed by atoms with Gasteiger partial charge in [0, 0.05) is 38.2 Å². The topological polar surface area (TPSA) is 50.3 Å². The summed E-state index contributed by atoms with van der Waals surface area (Å²) in [7, 11) is 1.92. The van der Waals surface area contributed by atoms with Crippen molar-refractivity contribution in [2.75, 3.05) is 37.0 Å². The molecule has 5 heteroatoms. The van der Waals surface area contributed by atoms with Crippen LogP contribution in [0.15, 0.2) is 0 Å². The Bertz CT molecular complexity index is 474. The zero-order valence-corrected chi connectivity index (χ0v) is 13.9. The summed E-state index contributed by atoms with van der Waals surface area (Å²) in [6.07, 6.45) is 2.61. The van der Waals surface area contributed by atoms with Crippen LogP contribution in [0, 0.1) is 6.92 Å². The van der Waals surface area contributed by atoms with Gasteiger partial charge in [0.2, 0.25) is 0 Å². The molecule has 0 spiro atoms. The Morgan fingerprint density at radius 3 is 2.76 bits per heavy atom. The molecule has 5 nitrogen and oxygen atoms in total. The monoisotopic (exact) mass is 292 g/mol. The zero-order chi connectivity index (χ0) is 15.4. The Balaban J connectivity index is 2.30. The first-order chi connectivity index (χ1) is 10.1. The van der Waals surface area contributed by atoms with Crippen LogP contribution in [0.25, 0.3) is 0 Å². The molecule has 1 saturated heterocycles. The van der Waals surface area contributed by atoms with Crippen molar-refractivity contribution >= 4 is 11.6 Å². The Kier molecular flexibility index (Phi) is 5.39. The van der Waals surface area contributed by atoms with E-state index in [0.29, 0.717) is 12.0 Å². The fraction of sp³-hybridized carbons (Fsp3) is 0.750. The van der Waals surface area contributed by atoms with Gasteiger partial charge in [-0.15, -0.1) is 0 Å². The van der Waals surface area contributed by atoms with Crippen LogP contribution >= 0.6 is 0 Å². The van der Waals surface area contributed by atoms with Gasteiger partial charge in [0.15, 0.2) is 0 Å². The van der Waals surface area contributed by atoms with E-state index in [2.05, 4.69) is 42.9 Å². The zero-order valence-electron chi connectivity index (χ0n) is 13.9. The second-order valence-corrected chi connectivity index (χ2v) is 5.95. The summed E-state index contributed by atoms with van der Waals surface area (Å²) in [5.41, 5.74) is 1.12. The summed E-state index contributed by atoms with van der Waals surface area (Å²) in [5.74, 6) is 3.21. The molecular formula is C16H28N4O. The van der Waals surface area contributed by atoms with Gasteiger partial charge in [0.05, 0.1) is 6.10 Å². The number of nitrogens with one attached hydrogen (secondary N) is 1. The fourth-order valence-corrected chi connectivity index (χ4v) is 2.83. The summed E-state index contributed by atoms with van der Waals surface area (Å²) in [6, 6.07) is 0. The lowest BCUT2D eigenvalue weighted by atomic mass is 10.1. The molecule has 1 unspecified atom stereocenters. The average Bonchev–Trinajstić information content (AvgIpc) is 2.48. The predicted octanol–water partition coefficient (Wildman–Crippen LogP) is 2.96. The number of anilines is 2. The van der Waals surface area contributed by atoms with E-state index in [1.807, 2.05) is 7.05 Å². The van der Waals surface area contributed by atoms with Crippen LogP contribution < -0.4 is 10.2 Å². The van der Waals surface area contributed by atoms with Crippen LogP contribution in [-0.4, -0.2) is 42.8 Å². The van der Waals surface area contributed by atoms with Crippen molar-refractivity contribution in [1.29, 1.82) is 0 Å². The highest BCUT2D eigenvalue weighted by molar-refractivity contribution is 5.58. The summed E-state index contributed by atoms with van der Waals surface area (Å²) in [6.45, 7) is 11.2. The molecule has 1 aliphatic heterocycles. The van der Waals surface area contributed by atoms with Crippen molar-refractivity contribution in [3.63, 3.8) is 0 Å². The molecule has 21 heavy (non-hydrogen) atoms. The summed E-state index contributed by atoms with van der Waals surface area (Å²) >= 11 is 0. The van der Waals surface area contributed by atoms with Crippen LogP contribution in [0.2, 0.25) is 0 Å². The van der Waals surface area contributed by atoms with Gasteiger partial charge in [-0.1, -0.05) is 13.8 Å². The Morgan fingerprint density at radius 2 is 2.14 bits per heavy atom.